The van der Waals surface area contributed by atoms with Crippen molar-refractivity contribution in [3.05, 3.63) is 59.1 Å². The summed E-state index contributed by atoms with van der Waals surface area (Å²) in [6.45, 7) is 0.766. The third-order valence-corrected chi connectivity index (χ3v) is 5.69. The number of rotatable bonds is 5. The Balaban J connectivity index is 1.68. The van der Waals surface area contributed by atoms with E-state index in [1.54, 1.807) is 0 Å². The molecular weight excluding hydrogens is 298 g/mol. The van der Waals surface area contributed by atoms with Gasteiger partial charge in [0.25, 0.3) is 0 Å². The maximum atomic E-state index is 6.22. The van der Waals surface area contributed by atoms with Gasteiger partial charge in [-0.2, -0.15) is 0 Å². The Bertz CT molecular complexity index is 593. The fourth-order valence-corrected chi connectivity index (χ4v) is 4.29. The van der Waals surface area contributed by atoms with Crippen molar-refractivity contribution in [3.8, 4) is 0 Å². The molecule has 1 aliphatic carbocycles. The zero-order valence-electron chi connectivity index (χ0n) is 12.0. The lowest BCUT2D eigenvalue weighted by Gasteiger charge is -2.15. The largest absolute Gasteiger partial charge is 0.380 e. The number of hydrogen-bond acceptors (Lipinski definition) is 2. The van der Waals surface area contributed by atoms with Gasteiger partial charge in [-0.05, 0) is 36.6 Å². The van der Waals surface area contributed by atoms with E-state index in [1.165, 1.54) is 36.3 Å². The van der Waals surface area contributed by atoms with Crippen LogP contribution in [-0.4, -0.2) is 5.25 Å². The van der Waals surface area contributed by atoms with Gasteiger partial charge in [-0.3, -0.25) is 0 Å². The Kier molecular flexibility index (Phi) is 5.10. The fraction of sp³-hybridized carbons (Fsp3) is 0.333. The first-order valence-corrected chi connectivity index (χ1v) is 8.81. The molecule has 1 N–H and O–H groups in total. The second kappa shape index (κ2) is 7.24. The zero-order chi connectivity index (χ0) is 14.5. The molecule has 110 valence electrons. The standard InChI is InChI=1S/C18H20ClNS/c19-16-10-4-1-7-14(16)13-20-17-11-5-6-12-18(17)21-15-8-2-3-9-15/h1,4-7,10-12,15,20H,2-3,8-9,13H2. The smallest absolute Gasteiger partial charge is 0.0481 e. The molecule has 3 rings (SSSR count). The molecule has 1 saturated carbocycles. The highest BCUT2D eigenvalue weighted by Crippen LogP contribution is 2.38. The van der Waals surface area contributed by atoms with E-state index in [2.05, 4.69) is 35.6 Å². The molecule has 1 aliphatic rings. The molecular formula is C18H20ClNS. The van der Waals surface area contributed by atoms with Gasteiger partial charge in [0.05, 0.1) is 0 Å². The fourth-order valence-electron chi connectivity index (χ4n) is 2.73. The molecule has 2 aromatic rings. The first-order valence-electron chi connectivity index (χ1n) is 7.56. The molecule has 0 aliphatic heterocycles. The van der Waals surface area contributed by atoms with Crippen LogP contribution in [0.15, 0.2) is 53.4 Å². The molecule has 3 heteroatoms. The van der Waals surface area contributed by atoms with Crippen LogP contribution in [0.3, 0.4) is 0 Å². The van der Waals surface area contributed by atoms with Gasteiger partial charge in [-0.25, -0.2) is 0 Å². The molecule has 0 bridgehead atoms. The lowest BCUT2D eigenvalue weighted by molar-refractivity contribution is 0.886. The minimum absolute atomic E-state index is 0.766. The molecule has 0 spiro atoms. The van der Waals surface area contributed by atoms with Crippen LogP contribution < -0.4 is 5.32 Å². The van der Waals surface area contributed by atoms with E-state index in [-0.39, 0.29) is 0 Å². The SMILES string of the molecule is Clc1ccccc1CNc1ccccc1SC1CCCC1. The number of thioether (sulfide) groups is 1. The zero-order valence-corrected chi connectivity index (χ0v) is 13.6. The molecule has 0 heterocycles. The van der Waals surface area contributed by atoms with Gasteiger partial charge in [0.1, 0.15) is 0 Å². The Morgan fingerprint density at radius 1 is 1.00 bits per heavy atom. The van der Waals surface area contributed by atoms with Crippen LogP contribution in [0.2, 0.25) is 5.02 Å². The van der Waals surface area contributed by atoms with Crippen molar-refractivity contribution < 1.29 is 0 Å². The molecule has 0 radical (unpaired) electrons. The molecule has 0 aromatic heterocycles. The van der Waals surface area contributed by atoms with Crippen molar-refractivity contribution in [1.82, 2.24) is 0 Å². The maximum absolute atomic E-state index is 6.22. The summed E-state index contributed by atoms with van der Waals surface area (Å²) in [5, 5.41) is 5.15. The summed E-state index contributed by atoms with van der Waals surface area (Å²) in [6, 6.07) is 16.6. The molecule has 21 heavy (non-hydrogen) atoms. The van der Waals surface area contributed by atoms with E-state index in [0.29, 0.717) is 0 Å². The van der Waals surface area contributed by atoms with Gasteiger partial charge in [0.2, 0.25) is 0 Å². The van der Waals surface area contributed by atoms with Crippen LogP contribution >= 0.6 is 23.4 Å². The summed E-state index contributed by atoms with van der Waals surface area (Å²) in [7, 11) is 0. The van der Waals surface area contributed by atoms with Gasteiger partial charge >= 0.3 is 0 Å². The summed E-state index contributed by atoms with van der Waals surface area (Å²) >= 11 is 8.24. The van der Waals surface area contributed by atoms with Gasteiger partial charge in [0.15, 0.2) is 0 Å². The van der Waals surface area contributed by atoms with E-state index in [9.17, 15) is 0 Å². The first kappa shape index (κ1) is 14.8. The van der Waals surface area contributed by atoms with Crippen LogP contribution in [0.4, 0.5) is 5.69 Å². The monoisotopic (exact) mass is 317 g/mol. The summed E-state index contributed by atoms with van der Waals surface area (Å²) in [5.41, 5.74) is 2.36. The second-order valence-electron chi connectivity index (χ2n) is 5.47. The Labute approximate surface area is 136 Å². The van der Waals surface area contributed by atoms with Crippen LogP contribution in [0.25, 0.3) is 0 Å². The minimum Gasteiger partial charge on any atom is -0.380 e. The van der Waals surface area contributed by atoms with Crippen LogP contribution in [0, 0.1) is 0 Å². The van der Waals surface area contributed by atoms with E-state index in [4.69, 9.17) is 11.6 Å². The Morgan fingerprint density at radius 2 is 1.71 bits per heavy atom. The molecule has 0 amide bonds. The second-order valence-corrected chi connectivity index (χ2v) is 7.21. The lowest BCUT2D eigenvalue weighted by Crippen LogP contribution is -2.02. The van der Waals surface area contributed by atoms with Gasteiger partial charge in [0, 0.05) is 27.4 Å². The summed E-state index contributed by atoms with van der Waals surface area (Å²) in [5.74, 6) is 0. The average molecular weight is 318 g/mol. The number of anilines is 1. The van der Waals surface area contributed by atoms with E-state index >= 15 is 0 Å². The number of halogens is 1. The summed E-state index contributed by atoms with van der Waals surface area (Å²) < 4.78 is 0. The Morgan fingerprint density at radius 3 is 2.52 bits per heavy atom. The van der Waals surface area contributed by atoms with Crippen molar-refractivity contribution in [2.24, 2.45) is 0 Å². The third-order valence-electron chi connectivity index (χ3n) is 3.91. The summed E-state index contributed by atoms with van der Waals surface area (Å²) in [4.78, 5) is 1.36. The van der Waals surface area contributed by atoms with Crippen molar-refractivity contribution >= 4 is 29.1 Å². The van der Waals surface area contributed by atoms with E-state index < -0.39 is 0 Å². The van der Waals surface area contributed by atoms with Gasteiger partial charge < -0.3 is 5.32 Å². The quantitative estimate of drug-likeness (QED) is 0.727. The van der Waals surface area contributed by atoms with Crippen LogP contribution in [0.1, 0.15) is 31.2 Å². The first-order chi connectivity index (χ1) is 10.3. The van der Waals surface area contributed by atoms with Gasteiger partial charge in [-0.1, -0.05) is 54.8 Å². The Hall–Kier alpha value is -1.12. The number of para-hydroxylation sites is 1. The van der Waals surface area contributed by atoms with Gasteiger partial charge in [-0.15, -0.1) is 11.8 Å². The average Bonchev–Trinajstić information content (AvgIpc) is 3.01. The predicted molar refractivity (Wildman–Crippen MR) is 93.3 cm³/mol. The lowest BCUT2D eigenvalue weighted by atomic mass is 10.2. The van der Waals surface area contributed by atoms with E-state index in [1.807, 2.05) is 30.0 Å². The topological polar surface area (TPSA) is 12.0 Å². The molecule has 0 atom stereocenters. The van der Waals surface area contributed by atoms with Crippen molar-refractivity contribution in [2.45, 2.75) is 42.4 Å². The normalized spacial score (nSPS) is 15.3. The highest BCUT2D eigenvalue weighted by molar-refractivity contribution is 8.00. The number of benzene rings is 2. The third kappa shape index (κ3) is 3.96. The van der Waals surface area contributed by atoms with Crippen LogP contribution in [-0.2, 0) is 6.54 Å². The van der Waals surface area contributed by atoms with Crippen molar-refractivity contribution in [3.63, 3.8) is 0 Å². The predicted octanol–water partition coefficient (Wildman–Crippen LogP) is 5.99. The molecule has 1 fully saturated rings. The van der Waals surface area contributed by atoms with Crippen molar-refractivity contribution in [2.75, 3.05) is 5.32 Å². The highest BCUT2D eigenvalue weighted by Gasteiger charge is 2.17. The molecule has 1 nitrogen and oxygen atoms in total. The maximum Gasteiger partial charge on any atom is 0.0481 e. The highest BCUT2D eigenvalue weighted by atomic mass is 35.5. The molecule has 0 unspecified atom stereocenters. The number of nitrogens with one attached hydrogen (secondary N) is 1. The summed E-state index contributed by atoms with van der Waals surface area (Å²) in [6.07, 6.45) is 5.47. The molecule has 0 saturated heterocycles. The minimum atomic E-state index is 0.766. The van der Waals surface area contributed by atoms with Crippen LogP contribution in [0.5, 0.6) is 0 Å². The van der Waals surface area contributed by atoms with E-state index in [0.717, 1.165) is 22.4 Å². The number of hydrogen-bond donors (Lipinski definition) is 1. The molecule has 2 aromatic carbocycles. The van der Waals surface area contributed by atoms with Crippen molar-refractivity contribution in [1.29, 1.82) is 0 Å².